The van der Waals surface area contributed by atoms with Gasteiger partial charge in [0.1, 0.15) is 0 Å². The van der Waals surface area contributed by atoms with Crippen LogP contribution in [0.3, 0.4) is 0 Å². The number of guanidine groups is 1. The molecule has 1 aromatic rings. The molecule has 0 bridgehead atoms. The Balaban J connectivity index is 1.88. The molecule has 1 unspecified atom stereocenters. The van der Waals surface area contributed by atoms with Gasteiger partial charge in [0.2, 0.25) is 0 Å². The molecule has 8 heteroatoms. The molecule has 1 heterocycles. The van der Waals surface area contributed by atoms with Gasteiger partial charge >= 0.3 is 6.36 Å². The predicted octanol–water partition coefficient (Wildman–Crippen LogP) is 3.04. The van der Waals surface area contributed by atoms with E-state index in [-0.39, 0.29) is 17.4 Å². The lowest BCUT2D eigenvalue weighted by atomic mass is 10.0. The number of nitrogens with zero attached hydrogens (tertiary/aromatic N) is 2. The Hall–Kier alpha value is -1.96. The zero-order valence-electron chi connectivity index (χ0n) is 13.6. The van der Waals surface area contributed by atoms with E-state index in [0.717, 1.165) is 19.6 Å². The van der Waals surface area contributed by atoms with E-state index in [2.05, 4.69) is 26.9 Å². The van der Waals surface area contributed by atoms with Gasteiger partial charge in [0.15, 0.2) is 11.7 Å². The first-order chi connectivity index (χ1) is 11.3. The number of nitrogens with two attached hydrogens (primary N) is 1. The van der Waals surface area contributed by atoms with Crippen molar-refractivity contribution in [2.24, 2.45) is 16.6 Å². The van der Waals surface area contributed by atoms with Crippen LogP contribution >= 0.6 is 0 Å². The van der Waals surface area contributed by atoms with E-state index in [0.29, 0.717) is 12.5 Å². The molecule has 1 aliphatic rings. The zero-order chi connectivity index (χ0) is 17.6. The van der Waals surface area contributed by atoms with E-state index in [1.807, 2.05) is 0 Å². The van der Waals surface area contributed by atoms with Crippen molar-refractivity contribution in [1.82, 2.24) is 4.90 Å². The minimum atomic E-state index is -4.76. The molecule has 5 nitrogen and oxygen atoms in total. The van der Waals surface area contributed by atoms with Crippen LogP contribution in [0.15, 0.2) is 29.3 Å². The summed E-state index contributed by atoms with van der Waals surface area (Å²) in [6.45, 7) is 5.60. The van der Waals surface area contributed by atoms with Gasteiger partial charge in [-0.05, 0) is 37.4 Å². The molecule has 1 atom stereocenters. The fourth-order valence-electron chi connectivity index (χ4n) is 2.76. The second-order valence-electron chi connectivity index (χ2n) is 5.98. The number of hydrogen-bond donors (Lipinski definition) is 2. The van der Waals surface area contributed by atoms with Crippen molar-refractivity contribution in [3.63, 3.8) is 0 Å². The van der Waals surface area contributed by atoms with E-state index in [9.17, 15) is 13.2 Å². The number of piperidine rings is 1. The third-order valence-electron chi connectivity index (χ3n) is 3.81. The lowest BCUT2D eigenvalue weighted by Gasteiger charge is -2.30. The smallest absolute Gasteiger partial charge is 0.404 e. The summed E-state index contributed by atoms with van der Waals surface area (Å²) in [7, 11) is 0. The van der Waals surface area contributed by atoms with E-state index < -0.39 is 6.36 Å². The predicted molar refractivity (Wildman–Crippen MR) is 88.1 cm³/mol. The monoisotopic (exact) mass is 344 g/mol. The number of halogens is 3. The van der Waals surface area contributed by atoms with Crippen LogP contribution in [0.4, 0.5) is 18.9 Å². The average molecular weight is 344 g/mol. The van der Waals surface area contributed by atoms with Gasteiger partial charge in [-0.25, -0.2) is 0 Å². The fourth-order valence-corrected chi connectivity index (χ4v) is 2.76. The van der Waals surface area contributed by atoms with Gasteiger partial charge < -0.3 is 20.7 Å². The minimum absolute atomic E-state index is 0.0679. The van der Waals surface area contributed by atoms with E-state index in [4.69, 9.17) is 5.73 Å². The number of nitrogens with one attached hydrogen (secondary N) is 1. The van der Waals surface area contributed by atoms with Crippen LogP contribution in [0.2, 0.25) is 0 Å². The fraction of sp³-hybridized carbons (Fsp3) is 0.562. The van der Waals surface area contributed by atoms with E-state index in [1.165, 1.54) is 31.0 Å². The lowest BCUT2D eigenvalue weighted by molar-refractivity contribution is -0.274. The molecule has 0 spiro atoms. The first-order valence-electron chi connectivity index (χ1n) is 7.97. The Morgan fingerprint density at radius 1 is 1.42 bits per heavy atom. The number of likely N-dealkylation sites (tertiary alicyclic amines) is 1. The highest BCUT2D eigenvalue weighted by atomic mass is 19.4. The van der Waals surface area contributed by atoms with Crippen molar-refractivity contribution in [1.29, 1.82) is 0 Å². The summed E-state index contributed by atoms with van der Waals surface area (Å²) in [5.74, 6) is 0.413. The van der Waals surface area contributed by atoms with Crippen molar-refractivity contribution in [3.8, 4) is 5.75 Å². The summed E-state index contributed by atoms with van der Waals surface area (Å²) in [5.41, 5.74) is 5.89. The lowest BCUT2D eigenvalue weighted by Crippen LogP contribution is -2.36. The Labute approximate surface area is 139 Å². The number of rotatable bonds is 5. The van der Waals surface area contributed by atoms with Crippen LogP contribution in [0.25, 0.3) is 0 Å². The molecule has 0 aromatic heterocycles. The van der Waals surface area contributed by atoms with Crippen LogP contribution in [0, 0.1) is 5.92 Å². The van der Waals surface area contributed by atoms with Crippen molar-refractivity contribution >= 4 is 11.6 Å². The first kappa shape index (κ1) is 18.4. The van der Waals surface area contributed by atoms with Gasteiger partial charge in [0.05, 0.1) is 12.2 Å². The third kappa shape index (κ3) is 6.27. The molecule has 2 rings (SSSR count). The molecular weight excluding hydrogens is 321 g/mol. The molecule has 1 aromatic carbocycles. The van der Waals surface area contributed by atoms with Gasteiger partial charge in [0.25, 0.3) is 0 Å². The SMILES string of the molecule is CC1CCCN(CCN=C(N)Nc2ccccc2OC(F)(F)F)C1. The highest BCUT2D eigenvalue weighted by Gasteiger charge is 2.32. The molecule has 0 aliphatic carbocycles. The Kier molecular flexibility index (Phi) is 6.30. The normalized spacial score (nSPS) is 20.0. The summed E-state index contributed by atoms with van der Waals surface area (Å²) in [6, 6.07) is 5.72. The van der Waals surface area contributed by atoms with Crippen molar-refractivity contribution in [2.75, 3.05) is 31.5 Å². The number of ether oxygens (including phenoxy) is 1. The Morgan fingerprint density at radius 3 is 2.88 bits per heavy atom. The average Bonchev–Trinajstić information content (AvgIpc) is 2.48. The van der Waals surface area contributed by atoms with Crippen LogP contribution in [0.1, 0.15) is 19.8 Å². The molecule has 0 radical (unpaired) electrons. The number of benzene rings is 1. The maximum absolute atomic E-state index is 12.4. The zero-order valence-corrected chi connectivity index (χ0v) is 13.6. The second kappa shape index (κ2) is 8.23. The molecular formula is C16H23F3N4O. The summed E-state index contributed by atoms with van der Waals surface area (Å²) in [6.07, 6.45) is -2.32. The maximum atomic E-state index is 12.4. The van der Waals surface area contributed by atoms with Gasteiger partial charge in [-0.3, -0.25) is 4.99 Å². The summed E-state index contributed by atoms with van der Waals surface area (Å²) in [4.78, 5) is 6.51. The standard InChI is InChI=1S/C16H23F3N4O/c1-12-5-4-9-23(11-12)10-8-21-15(20)22-13-6-2-3-7-14(13)24-16(17,18)19/h2-3,6-7,12H,4-5,8-11H2,1H3,(H3,20,21,22). The Bertz CT molecular complexity index is 562. The summed E-state index contributed by atoms with van der Waals surface area (Å²) >= 11 is 0. The van der Waals surface area contributed by atoms with Crippen LogP contribution in [-0.2, 0) is 0 Å². The Morgan fingerprint density at radius 2 is 2.17 bits per heavy atom. The number of anilines is 1. The maximum Gasteiger partial charge on any atom is 0.573 e. The number of para-hydroxylation sites is 2. The van der Waals surface area contributed by atoms with E-state index in [1.54, 1.807) is 6.07 Å². The van der Waals surface area contributed by atoms with Gasteiger partial charge in [0, 0.05) is 13.1 Å². The quantitative estimate of drug-likeness (QED) is 0.637. The van der Waals surface area contributed by atoms with Gasteiger partial charge in [-0.1, -0.05) is 19.1 Å². The van der Waals surface area contributed by atoms with Gasteiger partial charge in [-0.2, -0.15) is 0 Å². The van der Waals surface area contributed by atoms with E-state index >= 15 is 0 Å². The molecule has 24 heavy (non-hydrogen) atoms. The first-order valence-corrected chi connectivity index (χ1v) is 7.97. The molecule has 1 fully saturated rings. The topological polar surface area (TPSA) is 62.9 Å². The van der Waals surface area contributed by atoms with Gasteiger partial charge in [-0.15, -0.1) is 13.2 Å². The highest BCUT2D eigenvalue weighted by Crippen LogP contribution is 2.29. The molecule has 3 N–H and O–H groups in total. The highest BCUT2D eigenvalue weighted by molar-refractivity contribution is 5.93. The second-order valence-corrected chi connectivity index (χ2v) is 5.98. The van der Waals surface area contributed by atoms with Crippen LogP contribution < -0.4 is 15.8 Å². The third-order valence-corrected chi connectivity index (χ3v) is 3.81. The van der Waals surface area contributed by atoms with Crippen molar-refractivity contribution in [3.05, 3.63) is 24.3 Å². The summed E-state index contributed by atoms with van der Waals surface area (Å²) < 4.78 is 41.1. The minimum Gasteiger partial charge on any atom is -0.404 e. The van der Waals surface area contributed by atoms with Crippen molar-refractivity contribution < 1.29 is 17.9 Å². The molecule has 1 aliphatic heterocycles. The largest absolute Gasteiger partial charge is 0.573 e. The van der Waals surface area contributed by atoms with Crippen molar-refractivity contribution in [2.45, 2.75) is 26.1 Å². The van der Waals surface area contributed by atoms with Crippen LogP contribution in [-0.4, -0.2) is 43.4 Å². The molecule has 0 amide bonds. The molecule has 0 saturated carbocycles. The number of aliphatic imine (C=N–C) groups is 1. The number of alkyl halides is 3. The molecule has 1 saturated heterocycles. The summed E-state index contributed by atoms with van der Waals surface area (Å²) in [5, 5.41) is 2.66. The molecule has 134 valence electrons. The van der Waals surface area contributed by atoms with Crippen LogP contribution in [0.5, 0.6) is 5.75 Å². The number of hydrogen-bond acceptors (Lipinski definition) is 3.